The zero-order valence-electron chi connectivity index (χ0n) is 9.56. The van der Waals surface area contributed by atoms with Crippen LogP contribution in [0.25, 0.3) is 5.69 Å². The van der Waals surface area contributed by atoms with Gasteiger partial charge >= 0.3 is 0 Å². The van der Waals surface area contributed by atoms with Gasteiger partial charge in [-0.05, 0) is 31.2 Å². The number of benzene rings is 1. The Kier molecular flexibility index (Phi) is 2.87. The first-order valence-corrected chi connectivity index (χ1v) is 6.19. The van der Waals surface area contributed by atoms with Crippen molar-refractivity contribution in [1.29, 1.82) is 0 Å². The third kappa shape index (κ3) is 1.78. The number of thioether (sulfide) groups is 1. The van der Waals surface area contributed by atoms with E-state index in [1.165, 1.54) is 11.8 Å². The fourth-order valence-corrected chi connectivity index (χ4v) is 2.04. The summed E-state index contributed by atoms with van der Waals surface area (Å²) < 4.78 is 1.70. The number of nitrogens with two attached hydrogens (primary N) is 1. The van der Waals surface area contributed by atoms with E-state index in [1.807, 2.05) is 38.3 Å². The molecular formula is C11H14N4S. The summed E-state index contributed by atoms with van der Waals surface area (Å²) in [5, 5.41) is 5.06. The molecular weight excluding hydrogens is 220 g/mol. The second-order valence-corrected chi connectivity index (χ2v) is 4.38. The van der Waals surface area contributed by atoms with Crippen LogP contribution in [-0.2, 0) is 0 Å². The number of nitrogen functional groups attached to an aromatic ring is 1. The van der Waals surface area contributed by atoms with Crippen molar-refractivity contribution in [2.75, 3.05) is 12.0 Å². The van der Waals surface area contributed by atoms with Crippen LogP contribution in [0.2, 0.25) is 0 Å². The molecule has 2 N–H and O–H groups in total. The Balaban J connectivity index is 2.62. The maximum Gasteiger partial charge on any atom is 0.224 e. The Bertz CT molecular complexity index is 498. The average Bonchev–Trinajstić information content (AvgIpc) is 2.60. The fraction of sp³-hybridized carbons (Fsp3) is 0.273. The SMILES string of the molecule is CSc1nc(N)n(-c2c(C)cccc2C)n1. The van der Waals surface area contributed by atoms with Crippen molar-refractivity contribution in [3.05, 3.63) is 29.3 Å². The quantitative estimate of drug-likeness (QED) is 0.809. The van der Waals surface area contributed by atoms with Crippen molar-refractivity contribution >= 4 is 17.7 Å². The molecule has 0 spiro atoms. The molecule has 0 aliphatic heterocycles. The standard InChI is InChI=1S/C11H14N4S/c1-7-5-4-6-8(2)9(7)15-10(12)13-11(14-15)16-3/h4-6H,1-3H3,(H2,12,13,14). The molecule has 0 aliphatic rings. The smallest absolute Gasteiger partial charge is 0.224 e. The van der Waals surface area contributed by atoms with Gasteiger partial charge in [-0.15, -0.1) is 5.10 Å². The van der Waals surface area contributed by atoms with Crippen molar-refractivity contribution in [2.24, 2.45) is 0 Å². The van der Waals surface area contributed by atoms with Gasteiger partial charge in [-0.1, -0.05) is 30.0 Å². The van der Waals surface area contributed by atoms with Gasteiger partial charge in [0.2, 0.25) is 11.1 Å². The number of aromatic nitrogens is 3. The van der Waals surface area contributed by atoms with Gasteiger partial charge in [-0.2, -0.15) is 9.67 Å². The molecule has 0 amide bonds. The first kappa shape index (κ1) is 11.0. The molecule has 1 aromatic carbocycles. The van der Waals surface area contributed by atoms with Crippen molar-refractivity contribution < 1.29 is 0 Å². The van der Waals surface area contributed by atoms with Crippen molar-refractivity contribution in [1.82, 2.24) is 14.8 Å². The minimum absolute atomic E-state index is 0.432. The summed E-state index contributed by atoms with van der Waals surface area (Å²) in [4.78, 5) is 4.18. The van der Waals surface area contributed by atoms with E-state index in [0.717, 1.165) is 16.8 Å². The molecule has 0 radical (unpaired) electrons. The van der Waals surface area contributed by atoms with Crippen molar-refractivity contribution in [3.8, 4) is 5.69 Å². The summed E-state index contributed by atoms with van der Waals surface area (Å²) in [5.74, 6) is 0.432. The molecule has 16 heavy (non-hydrogen) atoms. The van der Waals surface area contributed by atoms with E-state index in [1.54, 1.807) is 4.68 Å². The third-order valence-electron chi connectivity index (χ3n) is 2.45. The maximum atomic E-state index is 5.86. The number of hydrogen-bond donors (Lipinski definition) is 1. The molecule has 4 nitrogen and oxygen atoms in total. The molecule has 0 saturated carbocycles. The van der Waals surface area contributed by atoms with E-state index in [9.17, 15) is 0 Å². The van der Waals surface area contributed by atoms with E-state index >= 15 is 0 Å². The van der Waals surface area contributed by atoms with Crippen LogP contribution in [0, 0.1) is 13.8 Å². The normalized spacial score (nSPS) is 10.7. The minimum atomic E-state index is 0.432. The molecule has 0 atom stereocenters. The van der Waals surface area contributed by atoms with Crippen LogP contribution in [0.1, 0.15) is 11.1 Å². The summed E-state index contributed by atoms with van der Waals surface area (Å²) in [6, 6.07) is 6.11. The summed E-state index contributed by atoms with van der Waals surface area (Å²) >= 11 is 1.49. The lowest BCUT2D eigenvalue weighted by Crippen LogP contribution is -2.06. The van der Waals surface area contributed by atoms with Crippen LogP contribution in [0.4, 0.5) is 5.95 Å². The number of aryl methyl sites for hydroxylation is 2. The van der Waals surface area contributed by atoms with Gasteiger partial charge in [0, 0.05) is 0 Å². The Morgan fingerprint density at radius 3 is 2.38 bits per heavy atom. The zero-order chi connectivity index (χ0) is 11.7. The Labute approximate surface area is 98.9 Å². The summed E-state index contributed by atoms with van der Waals surface area (Å²) in [7, 11) is 0. The van der Waals surface area contributed by atoms with E-state index in [0.29, 0.717) is 11.1 Å². The van der Waals surface area contributed by atoms with Crippen molar-refractivity contribution in [2.45, 2.75) is 19.0 Å². The highest BCUT2D eigenvalue weighted by Crippen LogP contribution is 2.22. The lowest BCUT2D eigenvalue weighted by atomic mass is 10.1. The fourth-order valence-electron chi connectivity index (χ4n) is 1.70. The van der Waals surface area contributed by atoms with E-state index in [4.69, 9.17) is 5.73 Å². The first-order valence-electron chi connectivity index (χ1n) is 4.96. The molecule has 0 saturated heterocycles. The first-order chi connectivity index (χ1) is 7.63. The van der Waals surface area contributed by atoms with Gasteiger partial charge in [0.05, 0.1) is 5.69 Å². The van der Waals surface area contributed by atoms with Crippen LogP contribution < -0.4 is 5.73 Å². The van der Waals surface area contributed by atoms with Crippen LogP contribution >= 0.6 is 11.8 Å². The second-order valence-electron chi connectivity index (χ2n) is 3.61. The van der Waals surface area contributed by atoms with Crippen LogP contribution in [0.3, 0.4) is 0 Å². The predicted molar refractivity (Wildman–Crippen MR) is 67.0 cm³/mol. The lowest BCUT2D eigenvalue weighted by molar-refractivity contribution is 0.830. The van der Waals surface area contributed by atoms with Gasteiger partial charge in [-0.3, -0.25) is 0 Å². The molecule has 0 bridgehead atoms. The third-order valence-corrected chi connectivity index (χ3v) is 2.98. The largest absolute Gasteiger partial charge is 0.368 e. The van der Waals surface area contributed by atoms with Gasteiger partial charge in [0.15, 0.2) is 0 Å². The predicted octanol–water partition coefficient (Wildman–Crippen LogP) is 2.19. The Hall–Kier alpha value is -1.49. The molecule has 1 aromatic heterocycles. The van der Waals surface area contributed by atoms with Crippen molar-refractivity contribution in [3.63, 3.8) is 0 Å². The van der Waals surface area contributed by atoms with Crippen LogP contribution in [-0.4, -0.2) is 21.0 Å². The molecule has 1 heterocycles. The molecule has 0 fully saturated rings. The average molecular weight is 234 g/mol. The molecule has 2 rings (SSSR count). The number of anilines is 1. The number of nitrogens with zero attached hydrogens (tertiary/aromatic N) is 3. The van der Waals surface area contributed by atoms with Gasteiger partial charge in [-0.25, -0.2) is 0 Å². The Morgan fingerprint density at radius 1 is 1.25 bits per heavy atom. The highest BCUT2D eigenvalue weighted by Gasteiger charge is 2.11. The number of hydrogen-bond acceptors (Lipinski definition) is 4. The van der Waals surface area contributed by atoms with E-state index in [-0.39, 0.29) is 0 Å². The molecule has 0 aliphatic carbocycles. The summed E-state index contributed by atoms with van der Waals surface area (Å²) in [5.41, 5.74) is 9.17. The molecule has 0 unspecified atom stereocenters. The number of rotatable bonds is 2. The second kappa shape index (κ2) is 4.17. The molecule has 5 heteroatoms. The monoisotopic (exact) mass is 234 g/mol. The minimum Gasteiger partial charge on any atom is -0.368 e. The van der Waals surface area contributed by atoms with Crippen LogP contribution in [0.15, 0.2) is 23.4 Å². The van der Waals surface area contributed by atoms with Gasteiger partial charge in [0.1, 0.15) is 0 Å². The highest BCUT2D eigenvalue weighted by atomic mass is 32.2. The molecule has 2 aromatic rings. The molecule has 84 valence electrons. The maximum absolute atomic E-state index is 5.86. The van der Waals surface area contributed by atoms with Gasteiger partial charge in [0.25, 0.3) is 0 Å². The topological polar surface area (TPSA) is 56.7 Å². The van der Waals surface area contributed by atoms with Gasteiger partial charge < -0.3 is 5.73 Å². The van der Waals surface area contributed by atoms with E-state index in [2.05, 4.69) is 10.1 Å². The summed E-state index contributed by atoms with van der Waals surface area (Å²) in [6.45, 7) is 4.09. The van der Waals surface area contributed by atoms with Crippen LogP contribution in [0.5, 0.6) is 0 Å². The number of para-hydroxylation sites is 1. The summed E-state index contributed by atoms with van der Waals surface area (Å²) in [6.07, 6.45) is 1.93. The lowest BCUT2D eigenvalue weighted by Gasteiger charge is -2.09. The van der Waals surface area contributed by atoms with E-state index < -0.39 is 0 Å². The zero-order valence-corrected chi connectivity index (χ0v) is 10.4. The highest BCUT2D eigenvalue weighted by molar-refractivity contribution is 7.98. The Morgan fingerprint density at radius 2 is 1.88 bits per heavy atom.